The van der Waals surface area contributed by atoms with E-state index >= 15 is 0 Å². The quantitative estimate of drug-likeness (QED) is 0.471. The highest BCUT2D eigenvalue weighted by Crippen LogP contribution is 2.51. The molecule has 1 atom stereocenters. The number of hydrogen-bond donors (Lipinski definition) is 2. The summed E-state index contributed by atoms with van der Waals surface area (Å²) in [4.78, 5) is 0. The number of fused-ring (bicyclic) bond motifs is 1. The maximum atomic E-state index is 12.5. The molecule has 0 spiro atoms. The maximum Gasteiger partial charge on any atom is 0.203 e. The number of phenolic OH excluding ortho intramolecular Hbond substituents is 1. The lowest BCUT2D eigenvalue weighted by Gasteiger charge is -2.37. The zero-order valence-electron chi connectivity index (χ0n) is 19.7. The molecule has 174 valence electrons. The number of ether oxygens (including phenoxy) is 4. The molecule has 2 N–H and O–H groups in total. The molecule has 32 heavy (non-hydrogen) atoms. The molecule has 3 rings (SSSR count). The van der Waals surface area contributed by atoms with Crippen LogP contribution in [0.15, 0.2) is 28.7 Å². The van der Waals surface area contributed by atoms with Gasteiger partial charge in [0.2, 0.25) is 11.5 Å². The van der Waals surface area contributed by atoms with Gasteiger partial charge in [-0.1, -0.05) is 13.8 Å². The van der Waals surface area contributed by atoms with Crippen LogP contribution in [-0.4, -0.2) is 38.7 Å². The Morgan fingerprint density at radius 3 is 1.94 bits per heavy atom. The molecule has 1 heterocycles. The third-order valence-corrected chi connectivity index (χ3v) is 6.25. The number of phenols is 1. The molecule has 0 aliphatic heterocycles. The van der Waals surface area contributed by atoms with E-state index in [1.807, 2.05) is 13.8 Å². The monoisotopic (exact) mass is 444 g/mol. The lowest BCUT2D eigenvalue weighted by atomic mass is 9.72. The Labute approximate surface area is 188 Å². The van der Waals surface area contributed by atoms with Crippen LogP contribution < -0.4 is 18.9 Å². The van der Waals surface area contributed by atoms with Gasteiger partial charge in [-0.2, -0.15) is 0 Å². The van der Waals surface area contributed by atoms with Crippen molar-refractivity contribution in [3.05, 3.63) is 41.2 Å². The summed E-state index contributed by atoms with van der Waals surface area (Å²) in [6, 6.07) is 6.99. The van der Waals surface area contributed by atoms with Crippen LogP contribution in [0.25, 0.3) is 11.0 Å². The second-order valence-electron chi connectivity index (χ2n) is 7.72. The molecule has 1 aromatic heterocycles. The minimum Gasteiger partial charge on any atom is -0.502 e. The average molecular weight is 445 g/mol. The molecule has 3 aromatic rings. The summed E-state index contributed by atoms with van der Waals surface area (Å²) < 4.78 is 27.8. The molecule has 7 nitrogen and oxygen atoms in total. The Bertz CT molecular complexity index is 1070. The van der Waals surface area contributed by atoms with Crippen LogP contribution in [0.4, 0.5) is 0 Å². The van der Waals surface area contributed by atoms with Crippen LogP contribution in [0.5, 0.6) is 28.7 Å². The Kier molecular flexibility index (Phi) is 6.79. The smallest absolute Gasteiger partial charge is 0.203 e. The van der Waals surface area contributed by atoms with Gasteiger partial charge in [-0.3, -0.25) is 0 Å². The van der Waals surface area contributed by atoms with Crippen molar-refractivity contribution in [1.82, 2.24) is 0 Å². The van der Waals surface area contributed by atoms with Crippen LogP contribution in [0.3, 0.4) is 0 Å². The Morgan fingerprint density at radius 1 is 0.906 bits per heavy atom. The van der Waals surface area contributed by atoms with Crippen molar-refractivity contribution < 1.29 is 33.6 Å². The van der Waals surface area contributed by atoms with Gasteiger partial charge in [0.15, 0.2) is 22.8 Å². The zero-order valence-corrected chi connectivity index (χ0v) is 19.7. The fourth-order valence-electron chi connectivity index (χ4n) is 4.65. The number of methoxy groups -OCH3 is 4. The summed E-state index contributed by atoms with van der Waals surface area (Å²) in [5.41, 5.74) is -0.00363. The first-order valence-corrected chi connectivity index (χ1v) is 10.6. The van der Waals surface area contributed by atoms with E-state index in [-0.39, 0.29) is 17.3 Å². The van der Waals surface area contributed by atoms with Crippen molar-refractivity contribution in [2.45, 2.75) is 39.2 Å². The van der Waals surface area contributed by atoms with Crippen LogP contribution >= 0.6 is 0 Å². The Morgan fingerprint density at radius 2 is 1.47 bits per heavy atom. The molecule has 1 unspecified atom stereocenters. The summed E-state index contributed by atoms with van der Waals surface area (Å²) in [5.74, 6) is 1.89. The van der Waals surface area contributed by atoms with E-state index in [1.54, 1.807) is 45.4 Å². The SMILES string of the molecule is CCC(CC)C(O)(c1cc(OC)c(OC)c(OC)c1)c1c(C)oc2c(O)c(OC)ccc12. The molecular formula is C25H32O7. The highest BCUT2D eigenvalue weighted by atomic mass is 16.5. The molecule has 0 bridgehead atoms. The second kappa shape index (κ2) is 9.20. The van der Waals surface area contributed by atoms with Crippen molar-refractivity contribution in [3.8, 4) is 28.7 Å². The fraction of sp³-hybridized carbons (Fsp3) is 0.440. The number of hydrogen-bond acceptors (Lipinski definition) is 7. The second-order valence-corrected chi connectivity index (χ2v) is 7.72. The maximum absolute atomic E-state index is 12.5. The summed E-state index contributed by atoms with van der Waals surface area (Å²) in [7, 11) is 6.10. The van der Waals surface area contributed by atoms with E-state index < -0.39 is 5.60 Å². The molecule has 0 radical (unpaired) electrons. The van der Waals surface area contributed by atoms with Gasteiger partial charge in [0.05, 0.1) is 28.4 Å². The van der Waals surface area contributed by atoms with E-state index in [1.165, 1.54) is 14.2 Å². The Hall–Kier alpha value is -3.06. The number of benzene rings is 2. The predicted octanol–water partition coefficient (Wildman–Crippen LogP) is 5.15. The minimum atomic E-state index is -1.45. The van der Waals surface area contributed by atoms with Crippen LogP contribution in [-0.2, 0) is 5.60 Å². The molecule has 0 saturated heterocycles. The van der Waals surface area contributed by atoms with Gasteiger partial charge >= 0.3 is 0 Å². The lowest BCUT2D eigenvalue weighted by Crippen LogP contribution is -2.36. The predicted molar refractivity (Wildman–Crippen MR) is 122 cm³/mol. The van der Waals surface area contributed by atoms with E-state index in [0.717, 1.165) is 0 Å². The standard InChI is InChI=1S/C25H32O7/c1-8-15(9-2)25(27,16-12-19(29-5)24(31-7)20(13-16)30-6)21-14(3)32-23-17(21)10-11-18(28-4)22(23)26/h10-13,15,26-27H,8-9H2,1-7H3. The molecule has 2 aromatic carbocycles. The fourth-order valence-corrected chi connectivity index (χ4v) is 4.65. The molecule has 0 fully saturated rings. The van der Waals surface area contributed by atoms with Crippen molar-refractivity contribution in [1.29, 1.82) is 0 Å². The van der Waals surface area contributed by atoms with Crippen molar-refractivity contribution in [3.63, 3.8) is 0 Å². The molecule has 0 aliphatic carbocycles. The van der Waals surface area contributed by atoms with Gasteiger partial charge in [0, 0.05) is 10.9 Å². The van der Waals surface area contributed by atoms with Crippen LogP contribution in [0.1, 0.15) is 43.6 Å². The van der Waals surface area contributed by atoms with Crippen LogP contribution in [0, 0.1) is 12.8 Å². The topological polar surface area (TPSA) is 90.5 Å². The van der Waals surface area contributed by atoms with Crippen molar-refractivity contribution in [2.24, 2.45) is 5.92 Å². The molecule has 0 aliphatic rings. The first kappa shape index (κ1) is 23.6. The first-order valence-electron chi connectivity index (χ1n) is 10.6. The van der Waals surface area contributed by atoms with E-state index in [9.17, 15) is 10.2 Å². The third-order valence-electron chi connectivity index (χ3n) is 6.25. The number of rotatable bonds is 9. The average Bonchev–Trinajstić information content (AvgIpc) is 3.15. The van der Waals surface area contributed by atoms with Gasteiger partial charge in [-0.05, 0) is 55.5 Å². The van der Waals surface area contributed by atoms with Gasteiger partial charge in [0.25, 0.3) is 0 Å². The normalized spacial score (nSPS) is 13.3. The molecule has 7 heteroatoms. The van der Waals surface area contributed by atoms with Gasteiger partial charge in [-0.25, -0.2) is 0 Å². The number of aliphatic hydroxyl groups is 1. The van der Waals surface area contributed by atoms with E-state index in [2.05, 4.69) is 0 Å². The largest absolute Gasteiger partial charge is 0.502 e. The van der Waals surface area contributed by atoms with E-state index in [4.69, 9.17) is 23.4 Å². The first-order chi connectivity index (χ1) is 15.3. The Balaban J connectivity index is 2.42. The number of aromatic hydroxyl groups is 1. The molecule has 0 saturated carbocycles. The minimum absolute atomic E-state index is 0.101. The summed E-state index contributed by atoms with van der Waals surface area (Å²) in [5, 5.41) is 23.7. The van der Waals surface area contributed by atoms with Gasteiger partial charge in [0.1, 0.15) is 11.4 Å². The summed E-state index contributed by atoms with van der Waals surface area (Å²) >= 11 is 0. The van der Waals surface area contributed by atoms with Gasteiger partial charge in [-0.15, -0.1) is 0 Å². The van der Waals surface area contributed by atoms with Gasteiger partial charge < -0.3 is 33.6 Å². The van der Waals surface area contributed by atoms with E-state index in [0.29, 0.717) is 58.1 Å². The third kappa shape index (κ3) is 3.50. The highest BCUT2D eigenvalue weighted by molar-refractivity contribution is 5.90. The van der Waals surface area contributed by atoms with Crippen molar-refractivity contribution in [2.75, 3.05) is 28.4 Å². The summed E-state index contributed by atoms with van der Waals surface area (Å²) in [6.07, 6.45) is 1.41. The molecule has 0 amide bonds. The van der Waals surface area contributed by atoms with Crippen molar-refractivity contribution >= 4 is 11.0 Å². The lowest BCUT2D eigenvalue weighted by molar-refractivity contribution is 0.0118. The highest BCUT2D eigenvalue weighted by Gasteiger charge is 2.44. The zero-order chi connectivity index (χ0) is 23.6. The number of aryl methyl sites for hydroxylation is 1. The molecular weight excluding hydrogens is 412 g/mol. The summed E-state index contributed by atoms with van der Waals surface area (Å²) in [6.45, 7) is 5.86. The number of furan rings is 1. The van der Waals surface area contributed by atoms with Crippen LogP contribution in [0.2, 0.25) is 0 Å².